The first kappa shape index (κ1) is 10.6. The van der Waals surface area contributed by atoms with E-state index in [2.05, 4.69) is 0 Å². The van der Waals surface area contributed by atoms with Gasteiger partial charge in [0.1, 0.15) is 0 Å². The van der Waals surface area contributed by atoms with Crippen LogP contribution in [-0.2, 0) is 0 Å². The number of hydrogen-bond donors (Lipinski definition) is 0. The van der Waals surface area contributed by atoms with Gasteiger partial charge in [0.25, 0.3) is 13.1 Å². The minimum atomic E-state index is -3.42. The van der Waals surface area contributed by atoms with Crippen molar-refractivity contribution in [1.29, 1.82) is 0 Å². The van der Waals surface area contributed by atoms with Gasteiger partial charge in [0.2, 0.25) is 0 Å². The summed E-state index contributed by atoms with van der Waals surface area (Å²) >= 11 is 10.5. The molecule has 0 radical (unpaired) electrons. The summed E-state index contributed by atoms with van der Waals surface area (Å²) < 4.78 is 36.4. The van der Waals surface area contributed by atoms with Gasteiger partial charge in [-0.3, -0.25) is 0 Å². The molecule has 0 nitrogen and oxygen atoms in total. The molecule has 0 amide bonds. The van der Waals surface area contributed by atoms with Gasteiger partial charge < -0.3 is 0 Å². The van der Waals surface area contributed by atoms with Crippen molar-refractivity contribution in [2.45, 2.75) is 25.2 Å². The molecule has 1 unspecified atom stereocenters. The second-order valence-corrected chi connectivity index (χ2v) is 10.1. The minimum absolute atomic E-state index is 0.726. The van der Waals surface area contributed by atoms with Crippen LogP contribution in [0.2, 0.25) is 6.55 Å². The number of hydrogen-bond acceptors (Lipinski definition) is 0. The number of alkyl halides is 3. The van der Waals surface area contributed by atoms with Crippen LogP contribution >= 0.6 is 22.2 Å². The zero-order valence-electron chi connectivity index (χ0n) is 5.47. The molecule has 0 aromatic carbocycles. The molecule has 0 aromatic rings. The Morgan fingerprint density at radius 2 is 1.70 bits per heavy atom. The quantitative estimate of drug-likeness (QED) is 0.486. The molecule has 62 valence electrons. The van der Waals surface area contributed by atoms with Crippen LogP contribution in [-0.4, -0.2) is 18.4 Å². The van der Waals surface area contributed by atoms with Crippen LogP contribution in [0.4, 0.5) is 13.2 Å². The Hall–Kier alpha value is 0.587. The summed E-state index contributed by atoms with van der Waals surface area (Å²) in [6, 6.07) is 0. The summed E-state index contributed by atoms with van der Waals surface area (Å²) in [4.78, 5) is 0. The van der Waals surface area contributed by atoms with Crippen molar-refractivity contribution in [2.75, 3.05) is 0 Å². The van der Waals surface area contributed by atoms with Gasteiger partial charge in [-0.25, -0.2) is 13.2 Å². The van der Waals surface area contributed by atoms with Crippen LogP contribution in [0.3, 0.4) is 0 Å². The maximum atomic E-state index is 12.8. The van der Waals surface area contributed by atoms with Gasteiger partial charge in [0.15, 0.2) is 5.29 Å². The van der Waals surface area contributed by atoms with Crippen molar-refractivity contribution >= 4 is 28.9 Å². The molecular formula is C4H7Cl2F3Si. The summed E-state index contributed by atoms with van der Waals surface area (Å²) in [7, 11) is 0. The van der Waals surface area contributed by atoms with Gasteiger partial charge in [0, 0.05) is 0 Å². The molecule has 10 heavy (non-hydrogen) atoms. The van der Waals surface area contributed by atoms with E-state index in [9.17, 15) is 13.2 Å². The van der Waals surface area contributed by atoms with Crippen molar-refractivity contribution in [3.8, 4) is 0 Å². The maximum absolute atomic E-state index is 12.8. The highest BCUT2D eigenvalue weighted by atomic mass is 35.7. The van der Waals surface area contributed by atoms with Crippen LogP contribution in [0.1, 0.15) is 6.92 Å². The molecular weight excluding hydrogens is 204 g/mol. The fourth-order valence-electron chi connectivity index (χ4n) is 0.192. The van der Waals surface area contributed by atoms with Crippen molar-refractivity contribution in [2.24, 2.45) is 0 Å². The van der Waals surface area contributed by atoms with E-state index in [1.807, 2.05) is 0 Å². The number of rotatable bonds is 2. The van der Waals surface area contributed by atoms with E-state index < -0.39 is 18.4 Å². The first-order chi connectivity index (χ1) is 4.19. The van der Waals surface area contributed by atoms with E-state index in [-0.39, 0.29) is 0 Å². The molecule has 0 aliphatic carbocycles. The van der Waals surface area contributed by atoms with Crippen molar-refractivity contribution in [3.05, 3.63) is 0 Å². The monoisotopic (exact) mass is 210 g/mol. The zero-order valence-corrected chi connectivity index (χ0v) is 7.98. The van der Waals surface area contributed by atoms with Gasteiger partial charge in [0.05, 0.1) is 0 Å². The molecule has 0 N–H and O–H groups in total. The minimum Gasteiger partial charge on any atom is -0.239 e. The Morgan fingerprint density at radius 1 is 1.40 bits per heavy atom. The molecule has 1 atom stereocenters. The fraction of sp³-hybridized carbons (Fsp3) is 1.00. The molecule has 0 rings (SSSR count). The largest absolute Gasteiger partial charge is 0.291 e. The van der Waals surface area contributed by atoms with E-state index >= 15 is 0 Å². The SMILES string of the molecule is CC(F)(C(F)F)[Si](C)(Cl)Cl. The molecule has 0 aromatic heterocycles. The van der Waals surface area contributed by atoms with Gasteiger partial charge in [-0.05, 0) is 13.5 Å². The smallest absolute Gasteiger partial charge is 0.239 e. The highest BCUT2D eigenvalue weighted by Crippen LogP contribution is 2.36. The summed E-state index contributed by atoms with van der Waals surface area (Å²) in [6.45, 7) is -1.57. The predicted octanol–water partition coefficient (Wildman–Crippen LogP) is 3.07. The van der Waals surface area contributed by atoms with Crippen molar-refractivity contribution in [1.82, 2.24) is 0 Å². The number of halogens is 5. The standard InChI is InChI=1S/C4H7Cl2F3Si/c1-4(9,3(7)8)10(2,5)6/h3H,1-2H3. The maximum Gasteiger partial charge on any atom is 0.291 e. The second-order valence-electron chi connectivity index (χ2n) is 2.26. The van der Waals surface area contributed by atoms with Crippen LogP contribution < -0.4 is 0 Å². The van der Waals surface area contributed by atoms with E-state index in [1.165, 1.54) is 0 Å². The summed E-state index contributed by atoms with van der Waals surface area (Å²) in [5.74, 6) is 0. The van der Waals surface area contributed by atoms with Crippen LogP contribution in [0.25, 0.3) is 0 Å². The Morgan fingerprint density at radius 3 is 1.70 bits per heavy atom. The molecule has 0 aliphatic rings. The normalized spacial score (nSPS) is 19.2. The highest BCUT2D eigenvalue weighted by molar-refractivity contribution is 7.46. The average Bonchev–Trinajstić information content (AvgIpc) is 1.62. The van der Waals surface area contributed by atoms with Crippen molar-refractivity contribution in [3.63, 3.8) is 0 Å². The van der Waals surface area contributed by atoms with Gasteiger partial charge in [-0.2, -0.15) is 0 Å². The Labute approximate surface area is 67.7 Å². The fourth-order valence-corrected chi connectivity index (χ4v) is 1.07. The molecule has 6 heteroatoms. The third-order valence-electron chi connectivity index (χ3n) is 1.27. The zero-order chi connectivity index (χ0) is 8.58. The van der Waals surface area contributed by atoms with E-state index in [0.29, 0.717) is 0 Å². The highest BCUT2D eigenvalue weighted by Gasteiger charge is 2.53. The average molecular weight is 211 g/mol. The van der Waals surface area contributed by atoms with Crippen LogP contribution in [0.5, 0.6) is 0 Å². The Kier molecular flexibility index (Phi) is 3.08. The lowest BCUT2D eigenvalue weighted by molar-refractivity contribution is 0.0286. The topological polar surface area (TPSA) is 0 Å². The molecule has 0 bridgehead atoms. The molecule has 0 aliphatic heterocycles. The first-order valence-corrected chi connectivity index (χ1v) is 7.07. The van der Waals surface area contributed by atoms with Gasteiger partial charge in [-0.1, -0.05) is 0 Å². The summed E-state index contributed by atoms with van der Waals surface area (Å²) in [6.07, 6.45) is -3.11. The lowest BCUT2D eigenvalue weighted by Crippen LogP contribution is -2.48. The molecule has 0 fully saturated rings. The van der Waals surface area contributed by atoms with E-state index in [4.69, 9.17) is 22.2 Å². The van der Waals surface area contributed by atoms with Gasteiger partial charge >= 0.3 is 0 Å². The Balaban J connectivity index is 4.40. The second kappa shape index (κ2) is 2.91. The van der Waals surface area contributed by atoms with Crippen LogP contribution in [0, 0.1) is 0 Å². The molecule has 0 saturated heterocycles. The predicted molar refractivity (Wildman–Crippen MR) is 38.8 cm³/mol. The third-order valence-corrected chi connectivity index (χ3v) is 5.42. The lowest BCUT2D eigenvalue weighted by atomic mass is 10.4. The summed E-state index contributed by atoms with van der Waals surface area (Å²) in [5.41, 5.74) is 0. The van der Waals surface area contributed by atoms with Crippen LogP contribution in [0.15, 0.2) is 0 Å². The van der Waals surface area contributed by atoms with Crippen molar-refractivity contribution < 1.29 is 13.2 Å². The Bertz CT molecular complexity index is 120. The summed E-state index contributed by atoms with van der Waals surface area (Å²) in [5, 5.41) is -2.73. The van der Waals surface area contributed by atoms with E-state index in [0.717, 1.165) is 13.5 Å². The molecule has 0 saturated carbocycles. The first-order valence-electron chi connectivity index (χ1n) is 2.54. The lowest BCUT2D eigenvalue weighted by Gasteiger charge is -2.26. The third kappa shape index (κ3) is 2.03. The van der Waals surface area contributed by atoms with Gasteiger partial charge in [-0.15, -0.1) is 22.2 Å². The molecule has 0 spiro atoms. The van der Waals surface area contributed by atoms with E-state index in [1.54, 1.807) is 0 Å². The molecule has 0 heterocycles.